The van der Waals surface area contributed by atoms with Crippen LogP contribution in [0.1, 0.15) is 16.7 Å². The first-order valence-corrected chi connectivity index (χ1v) is 9.91. The summed E-state index contributed by atoms with van der Waals surface area (Å²) in [6.45, 7) is 0. The summed E-state index contributed by atoms with van der Waals surface area (Å²) in [5.74, 6) is 0.700. The van der Waals surface area contributed by atoms with Crippen molar-refractivity contribution < 1.29 is 4.74 Å². The molecule has 0 atom stereocenters. The van der Waals surface area contributed by atoms with Crippen LogP contribution in [0.2, 0.25) is 0 Å². The molecule has 0 amide bonds. The third kappa shape index (κ3) is 3.80. The van der Waals surface area contributed by atoms with Gasteiger partial charge in [0.15, 0.2) is 0 Å². The molecule has 0 fully saturated rings. The maximum Gasteiger partial charge on any atom is 0.127 e. The second kappa shape index (κ2) is 8.88. The Bertz CT molecular complexity index is 1400. The van der Waals surface area contributed by atoms with Crippen molar-refractivity contribution in [2.24, 2.45) is 0 Å². The van der Waals surface area contributed by atoms with Gasteiger partial charge in [-0.1, -0.05) is 42.5 Å². The molecule has 150 valence electrons. The summed E-state index contributed by atoms with van der Waals surface area (Å²) in [6, 6.07) is 32.7. The summed E-state index contributed by atoms with van der Waals surface area (Å²) < 4.78 is 5.73. The van der Waals surface area contributed by atoms with Crippen molar-refractivity contribution in [3.8, 4) is 57.3 Å². The molecular formula is C28H17N3O. The summed E-state index contributed by atoms with van der Waals surface area (Å²) >= 11 is 0. The van der Waals surface area contributed by atoms with Gasteiger partial charge in [-0.3, -0.25) is 0 Å². The van der Waals surface area contributed by atoms with Crippen molar-refractivity contribution in [1.82, 2.24) is 0 Å². The van der Waals surface area contributed by atoms with Crippen LogP contribution in [0.5, 0.6) is 5.75 Å². The molecule has 0 aliphatic rings. The Morgan fingerprint density at radius 3 is 1.31 bits per heavy atom. The highest BCUT2D eigenvalue weighted by molar-refractivity contribution is 5.97. The molecule has 0 saturated carbocycles. The molecule has 0 unspecified atom stereocenters. The van der Waals surface area contributed by atoms with E-state index in [9.17, 15) is 10.5 Å². The first kappa shape index (κ1) is 20.4. The predicted molar refractivity (Wildman–Crippen MR) is 123 cm³/mol. The zero-order valence-corrected chi connectivity index (χ0v) is 17.3. The third-order valence-electron chi connectivity index (χ3n) is 5.32. The Morgan fingerprint density at radius 2 is 0.906 bits per heavy atom. The standard InChI is InChI=1S/C28H17N3O/c1-32-26-15-14-25(22-8-2-19(16-29)3-9-22)27(23-10-4-20(17-30)5-11-23)28(26)24-12-6-21(18-31)7-13-24/h2-15H,1H3. The number of hydrogen-bond donors (Lipinski definition) is 0. The normalized spacial score (nSPS) is 9.94. The monoisotopic (exact) mass is 411 g/mol. The molecule has 4 aromatic rings. The highest BCUT2D eigenvalue weighted by atomic mass is 16.5. The summed E-state index contributed by atoms with van der Waals surface area (Å²) in [6.07, 6.45) is 0. The van der Waals surface area contributed by atoms with Gasteiger partial charge in [0.2, 0.25) is 0 Å². The van der Waals surface area contributed by atoms with Crippen LogP contribution in [-0.2, 0) is 0 Å². The highest BCUT2D eigenvalue weighted by Crippen LogP contribution is 2.45. The van der Waals surface area contributed by atoms with E-state index in [4.69, 9.17) is 10.00 Å². The fraction of sp³-hybridized carbons (Fsp3) is 0.0357. The first-order valence-electron chi connectivity index (χ1n) is 9.91. The summed E-state index contributed by atoms with van der Waals surface area (Å²) in [5, 5.41) is 27.6. The zero-order chi connectivity index (χ0) is 22.5. The number of benzene rings is 4. The topological polar surface area (TPSA) is 80.6 Å². The molecule has 0 aromatic heterocycles. The molecule has 0 radical (unpaired) electrons. The van der Waals surface area contributed by atoms with E-state index in [0.29, 0.717) is 22.4 Å². The summed E-state index contributed by atoms with van der Waals surface area (Å²) in [4.78, 5) is 0. The van der Waals surface area contributed by atoms with Crippen LogP contribution in [0, 0.1) is 34.0 Å². The van der Waals surface area contributed by atoms with Gasteiger partial charge in [0.1, 0.15) is 5.75 Å². The van der Waals surface area contributed by atoms with E-state index in [1.54, 1.807) is 43.5 Å². The number of hydrogen-bond acceptors (Lipinski definition) is 4. The molecule has 0 aliphatic heterocycles. The molecular weight excluding hydrogens is 394 g/mol. The predicted octanol–water partition coefficient (Wildman–Crippen LogP) is 6.31. The lowest BCUT2D eigenvalue weighted by molar-refractivity contribution is 0.416. The Labute approximate surface area is 186 Å². The molecule has 0 saturated heterocycles. The molecule has 0 bridgehead atoms. The maximum absolute atomic E-state index is 9.22. The van der Waals surface area contributed by atoms with Crippen LogP contribution >= 0.6 is 0 Å². The van der Waals surface area contributed by atoms with E-state index in [1.165, 1.54) is 0 Å². The van der Waals surface area contributed by atoms with Crippen molar-refractivity contribution in [2.45, 2.75) is 0 Å². The van der Waals surface area contributed by atoms with E-state index in [-0.39, 0.29) is 0 Å². The van der Waals surface area contributed by atoms with Gasteiger partial charge in [0.25, 0.3) is 0 Å². The number of nitrogens with zero attached hydrogens (tertiary/aromatic N) is 3. The fourth-order valence-electron chi connectivity index (χ4n) is 3.73. The van der Waals surface area contributed by atoms with E-state index in [1.807, 2.05) is 48.5 Å². The van der Waals surface area contributed by atoms with Crippen LogP contribution in [0.15, 0.2) is 84.9 Å². The number of rotatable bonds is 4. The third-order valence-corrected chi connectivity index (χ3v) is 5.32. The molecule has 0 N–H and O–H groups in total. The van der Waals surface area contributed by atoms with Crippen LogP contribution < -0.4 is 4.74 Å². The number of nitriles is 3. The van der Waals surface area contributed by atoms with E-state index < -0.39 is 0 Å². The van der Waals surface area contributed by atoms with E-state index in [2.05, 4.69) is 18.2 Å². The molecule has 4 heteroatoms. The second-order valence-electron chi connectivity index (χ2n) is 7.13. The minimum absolute atomic E-state index is 0.580. The highest BCUT2D eigenvalue weighted by Gasteiger charge is 2.19. The van der Waals surface area contributed by atoms with Gasteiger partial charge in [0, 0.05) is 11.1 Å². The van der Waals surface area contributed by atoms with Crippen LogP contribution in [0.25, 0.3) is 33.4 Å². The molecule has 4 aromatic carbocycles. The van der Waals surface area contributed by atoms with Gasteiger partial charge in [-0.15, -0.1) is 0 Å². The lowest BCUT2D eigenvalue weighted by atomic mass is 9.86. The number of ether oxygens (including phenoxy) is 1. The molecule has 0 heterocycles. The summed E-state index contributed by atoms with van der Waals surface area (Å²) in [5.41, 5.74) is 7.37. The second-order valence-corrected chi connectivity index (χ2v) is 7.13. The fourth-order valence-corrected chi connectivity index (χ4v) is 3.73. The van der Waals surface area contributed by atoms with E-state index in [0.717, 1.165) is 33.4 Å². The van der Waals surface area contributed by atoms with Crippen molar-refractivity contribution in [1.29, 1.82) is 15.8 Å². The van der Waals surface area contributed by atoms with Crippen LogP contribution in [0.3, 0.4) is 0 Å². The Morgan fingerprint density at radius 1 is 0.500 bits per heavy atom. The van der Waals surface area contributed by atoms with Gasteiger partial charge in [0.05, 0.1) is 42.0 Å². The Balaban J connectivity index is 2.04. The van der Waals surface area contributed by atoms with Crippen molar-refractivity contribution >= 4 is 0 Å². The first-order chi connectivity index (χ1) is 15.7. The average Bonchev–Trinajstić information content (AvgIpc) is 2.88. The van der Waals surface area contributed by atoms with Gasteiger partial charge < -0.3 is 4.74 Å². The molecule has 0 aliphatic carbocycles. The zero-order valence-electron chi connectivity index (χ0n) is 17.3. The summed E-state index contributed by atoms with van der Waals surface area (Å²) in [7, 11) is 1.63. The Kier molecular flexibility index (Phi) is 5.67. The van der Waals surface area contributed by atoms with Crippen LogP contribution in [-0.4, -0.2) is 7.11 Å². The van der Waals surface area contributed by atoms with Gasteiger partial charge in [-0.2, -0.15) is 15.8 Å². The van der Waals surface area contributed by atoms with Gasteiger partial charge in [-0.05, 0) is 64.7 Å². The quantitative estimate of drug-likeness (QED) is 0.394. The molecule has 4 rings (SSSR count). The smallest absolute Gasteiger partial charge is 0.127 e. The lowest BCUT2D eigenvalue weighted by Crippen LogP contribution is -1.95. The van der Waals surface area contributed by atoms with Crippen molar-refractivity contribution in [3.05, 3.63) is 102 Å². The molecule has 0 spiro atoms. The van der Waals surface area contributed by atoms with Gasteiger partial charge in [-0.25, -0.2) is 0 Å². The van der Waals surface area contributed by atoms with Crippen LogP contribution in [0.4, 0.5) is 0 Å². The molecule has 4 nitrogen and oxygen atoms in total. The average molecular weight is 411 g/mol. The largest absolute Gasteiger partial charge is 0.496 e. The van der Waals surface area contributed by atoms with Gasteiger partial charge >= 0.3 is 0 Å². The van der Waals surface area contributed by atoms with Crippen molar-refractivity contribution in [2.75, 3.05) is 7.11 Å². The number of methoxy groups -OCH3 is 1. The minimum Gasteiger partial charge on any atom is -0.496 e. The SMILES string of the molecule is COc1ccc(-c2ccc(C#N)cc2)c(-c2ccc(C#N)cc2)c1-c1ccc(C#N)cc1. The van der Waals surface area contributed by atoms with Crippen molar-refractivity contribution in [3.63, 3.8) is 0 Å². The Hall–Kier alpha value is -4.85. The lowest BCUT2D eigenvalue weighted by Gasteiger charge is -2.19. The maximum atomic E-state index is 9.22. The molecule has 32 heavy (non-hydrogen) atoms. The minimum atomic E-state index is 0.580. The van der Waals surface area contributed by atoms with E-state index >= 15 is 0 Å².